The Labute approximate surface area is 188 Å². The van der Waals surface area contributed by atoms with Crippen LogP contribution in [0.25, 0.3) is 0 Å². The summed E-state index contributed by atoms with van der Waals surface area (Å²) in [6.45, 7) is 0.522. The third-order valence-electron chi connectivity index (χ3n) is 6.26. The van der Waals surface area contributed by atoms with Crippen LogP contribution in [0.5, 0.6) is 0 Å². The molecule has 3 fully saturated rings. The quantitative estimate of drug-likeness (QED) is 0.650. The number of imide groups is 1. The van der Waals surface area contributed by atoms with E-state index in [4.69, 9.17) is 11.6 Å². The van der Waals surface area contributed by atoms with Gasteiger partial charge in [-0.15, -0.1) is 0 Å². The molecule has 1 N–H and O–H groups in total. The van der Waals surface area contributed by atoms with Crippen molar-refractivity contribution in [3.05, 3.63) is 28.8 Å². The van der Waals surface area contributed by atoms with Crippen molar-refractivity contribution in [1.29, 1.82) is 0 Å². The Kier molecular flexibility index (Phi) is 5.93. The number of hydrogen-bond acceptors (Lipinski definition) is 5. The number of hydrogen-bond donors (Lipinski definition) is 1. The maximum Gasteiger partial charge on any atom is 0.417 e. The van der Waals surface area contributed by atoms with E-state index >= 15 is 0 Å². The summed E-state index contributed by atoms with van der Waals surface area (Å²) in [5.74, 6) is -0.254. The standard InChI is InChI=1S/C19H22ClF3N4O4S/c20-15-4-3-13(11-14(15)19(21,22)23)32(30,31)26-9-7-25(8-10-26)12-27-16(28)18(24-17(27)29)5-1-2-6-18/h3-4,11H,1-2,5-10,12H2,(H,24,29). The molecule has 1 saturated carbocycles. The highest BCUT2D eigenvalue weighted by Gasteiger charge is 2.52. The molecule has 2 saturated heterocycles. The Morgan fingerprint density at radius 3 is 2.28 bits per heavy atom. The Hall–Kier alpha value is -1.89. The lowest BCUT2D eigenvalue weighted by atomic mass is 9.98. The molecule has 3 aliphatic rings. The normalized spacial score (nSPS) is 22.7. The topological polar surface area (TPSA) is 90.0 Å². The average molecular weight is 495 g/mol. The number of carbonyl (C=O) groups excluding carboxylic acids is 2. The summed E-state index contributed by atoms with van der Waals surface area (Å²) in [6, 6.07) is 2.06. The number of halogens is 4. The second-order valence-corrected chi connectivity index (χ2v) is 10.6. The number of carbonyl (C=O) groups is 2. The molecule has 1 aromatic carbocycles. The molecular weight excluding hydrogens is 473 g/mol. The molecule has 8 nitrogen and oxygen atoms in total. The predicted molar refractivity (Wildman–Crippen MR) is 108 cm³/mol. The van der Waals surface area contributed by atoms with Gasteiger partial charge in [0.05, 0.1) is 22.2 Å². The number of piperazine rings is 1. The van der Waals surface area contributed by atoms with Gasteiger partial charge in [-0.25, -0.2) is 18.1 Å². The van der Waals surface area contributed by atoms with Gasteiger partial charge in [-0.05, 0) is 31.0 Å². The molecule has 32 heavy (non-hydrogen) atoms. The third-order valence-corrected chi connectivity index (χ3v) is 8.48. The summed E-state index contributed by atoms with van der Waals surface area (Å²) in [7, 11) is -4.16. The SMILES string of the molecule is O=C1NC2(CCCC2)C(=O)N1CN1CCN(S(=O)(=O)c2ccc(Cl)c(C(F)(F)F)c2)CC1. The fourth-order valence-electron chi connectivity index (χ4n) is 4.46. The molecule has 0 radical (unpaired) electrons. The molecule has 3 amide bonds. The van der Waals surface area contributed by atoms with Gasteiger partial charge in [0.1, 0.15) is 5.54 Å². The average Bonchev–Trinajstić information content (AvgIpc) is 3.28. The summed E-state index contributed by atoms with van der Waals surface area (Å²) < 4.78 is 66.2. The van der Waals surface area contributed by atoms with Crippen molar-refractivity contribution >= 4 is 33.6 Å². The number of benzene rings is 1. The lowest BCUT2D eigenvalue weighted by molar-refractivity contribution is -0.137. The van der Waals surface area contributed by atoms with Gasteiger partial charge in [0.2, 0.25) is 10.0 Å². The van der Waals surface area contributed by atoms with Crippen molar-refractivity contribution in [1.82, 2.24) is 19.4 Å². The number of urea groups is 1. The zero-order valence-electron chi connectivity index (χ0n) is 17.0. The zero-order chi connectivity index (χ0) is 23.3. The monoisotopic (exact) mass is 494 g/mol. The van der Waals surface area contributed by atoms with Crippen LogP contribution >= 0.6 is 11.6 Å². The fourth-order valence-corrected chi connectivity index (χ4v) is 6.14. The first kappa shape index (κ1) is 23.3. The maximum atomic E-state index is 13.1. The smallest absolute Gasteiger partial charge is 0.323 e. The number of sulfonamides is 1. The number of alkyl halides is 3. The molecule has 2 aliphatic heterocycles. The highest BCUT2D eigenvalue weighted by Crippen LogP contribution is 2.37. The molecule has 2 heterocycles. The molecule has 0 bridgehead atoms. The van der Waals surface area contributed by atoms with Gasteiger partial charge in [-0.2, -0.15) is 17.5 Å². The second-order valence-electron chi connectivity index (χ2n) is 8.26. The van der Waals surface area contributed by atoms with Crippen LogP contribution in [0.15, 0.2) is 23.1 Å². The van der Waals surface area contributed by atoms with Crippen molar-refractivity contribution in [3.8, 4) is 0 Å². The van der Waals surface area contributed by atoms with Crippen LogP contribution in [0.3, 0.4) is 0 Å². The Bertz CT molecular complexity index is 1040. The highest BCUT2D eigenvalue weighted by atomic mass is 35.5. The minimum absolute atomic E-state index is 0.0150. The van der Waals surface area contributed by atoms with Crippen molar-refractivity contribution < 1.29 is 31.2 Å². The van der Waals surface area contributed by atoms with Crippen molar-refractivity contribution in [3.63, 3.8) is 0 Å². The van der Waals surface area contributed by atoms with E-state index in [1.807, 2.05) is 0 Å². The van der Waals surface area contributed by atoms with Gasteiger partial charge in [-0.1, -0.05) is 24.4 Å². The minimum Gasteiger partial charge on any atom is -0.323 e. The van der Waals surface area contributed by atoms with Gasteiger partial charge >= 0.3 is 12.2 Å². The first-order valence-electron chi connectivity index (χ1n) is 10.2. The molecular formula is C19H22ClF3N4O4S. The molecule has 1 aliphatic carbocycles. The lowest BCUT2D eigenvalue weighted by Gasteiger charge is -2.35. The van der Waals surface area contributed by atoms with Crippen LogP contribution in [-0.4, -0.2) is 72.8 Å². The Morgan fingerprint density at radius 1 is 1.06 bits per heavy atom. The van der Waals surface area contributed by atoms with E-state index in [9.17, 15) is 31.2 Å². The molecule has 0 atom stereocenters. The lowest BCUT2D eigenvalue weighted by Crippen LogP contribution is -2.53. The van der Waals surface area contributed by atoms with Gasteiger partial charge in [-0.3, -0.25) is 9.69 Å². The predicted octanol–water partition coefficient (Wildman–Crippen LogP) is 2.49. The number of nitrogens with one attached hydrogen (secondary N) is 1. The molecule has 1 spiro atoms. The maximum absolute atomic E-state index is 13.1. The van der Waals surface area contributed by atoms with E-state index in [0.717, 1.165) is 34.2 Å². The second kappa shape index (κ2) is 8.15. The first-order valence-corrected chi connectivity index (χ1v) is 12.0. The van der Waals surface area contributed by atoms with Crippen molar-refractivity contribution in [2.75, 3.05) is 32.8 Å². The number of amides is 3. The van der Waals surface area contributed by atoms with E-state index < -0.39 is 43.3 Å². The summed E-state index contributed by atoms with van der Waals surface area (Å²) in [4.78, 5) is 27.5. The van der Waals surface area contributed by atoms with E-state index in [-0.39, 0.29) is 38.8 Å². The van der Waals surface area contributed by atoms with Crippen LogP contribution in [0.1, 0.15) is 31.2 Å². The Balaban J connectivity index is 1.42. The molecule has 4 rings (SSSR count). The summed E-state index contributed by atoms with van der Waals surface area (Å²) in [5, 5.41) is 2.22. The molecule has 13 heteroatoms. The summed E-state index contributed by atoms with van der Waals surface area (Å²) in [6.07, 6.45) is -1.81. The van der Waals surface area contributed by atoms with Gasteiger partial charge in [0.15, 0.2) is 0 Å². The van der Waals surface area contributed by atoms with E-state index in [0.29, 0.717) is 18.9 Å². The fraction of sp³-hybridized carbons (Fsp3) is 0.579. The van der Waals surface area contributed by atoms with E-state index in [2.05, 4.69) is 5.32 Å². The van der Waals surface area contributed by atoms with Gasteiger partial charge in [0, 0.05) is 26.2 Å². The van der Waals surface area contributed by atoms with E-state index in [1.165, 1.54) is 0 Å². The third kappa shape index (κ3) is 4.09. The molecule has 0 unspecified atom stereocenters. The minimum atomic E-state index is -4.78. The first-order chi connectivity index (χ1) is 14.9. The largest absolute Gasteiger partial charge is 0.417 e. The van der Waals surface area contributed by atoms with E-state index in [1.54, 1.807) is 4.90 Å². The molecule has 0 aromatic heterocycles. The number of rotatable bonds is 4. The van der Waals surface area contributed by atoms with Crippen LogP contribution in [0, 0.1) is 0 Å². The van der Waals surface area contributed by atoms with Crippen molar-refractivity contribution in [2.24, 2.45) is 0 Å². The molecule has 176 valence electrons. The Morgan fingerprint density at radius 2 is 1.69 bits per heavy atom. The van der Waals surface area contributed by atoms with Crippen LogP contribution in [0.4, 0.5) is 18.0 Å². The van der Waals surface area contributed by atoms with Crippen LogP contribution < -0.4 is 5.32 Å². The summed E-state index contributed by atoms with van der Waals surface area (Å²) in [5.41, 5.74) is -2.02. The van der Waals surface area contributed by atoms with Gasteiger partial charge in [0.25, 0.3) is 5.91 Å². The van der Waals surface area contributed by atoms with Crippen LogP contribution in [-0.2, 0) is 21.0 Å². The number of nitrogens with zero attached hydrogens (tertiary/aromatic N) is 3. The molecule has 1 aromatic rings. The summed E-state index contributed by atoms with van der Waals surface area (Å²) >= 11 is 5.59. The van der Waals surface area contributed by atoms with Crippen LogP contribution in [0.2, 0.25) is 5.02 Å². The zero-order valence-corrected chi connectivity index (χ0v) is 18.6. The van der Waals surface area contributed by atoms with Gasteiger partial charge < -0.3 is 5.32 Å². The van der Waals surface area contributed by atoms with Crippen molar-refractivity contribution in [2.45, 2.75) is 42.3 Å². The highest BCUT2D eigenvalue weighted by molar-refractivity contribution is 7.89.